The lowest BCUT2D eigenvalue weighted by Crippen LogP contribution is -2.39. The van der Waals surface area contributed by atoms with Gasteiger partial charge in [0.05, 0.1) is 21.7 Å². The molecular formula is C27H37ClN4O4S2. The average molecular weight is 581 g/mol. The van der Waals surface area contributed by atoms with Crippen LogP contribution in [-0.2, 0) is 10.0 Å². The van der Waals surface area contributed by atoms with Crippen LogP contribution < -0.4 is 9.64 Å². The molecule has 0 spiro atoms. The third kappa shape index (κ3) is 6.66. The zero-order valence-corrected chi connectivity index (χ0v) is 25.1. The summed E-state index contributed by atoms with van der Waals surface area (Å²) < 4.78 is 34.0. The van der Waals surface area contributed by atoms with Gasteiger partial charge in [0, 0.05) is 31.7 Å². The van der Waals surface area contributed by atoms with Gasteiger partial charge in [0.15, 0.2) is 5.13 Å². The van der Waals surface area contributed by atoms with Gasteiger partial charge in [-0.1, -0.05) is 57.1 Å². The zero-order valence-electron chi connectivity index (χ0n) is 22.7. The van der Waals surface area contributed by atoms with Crippen LogP contribution in [0.2, 0.25) is 5.02 Å². The Bertz CT molecular complexity index is 1320. The number of unbranched alkanes of at least 4 members (excludes halogenated alkanes) is 1. The molecule has 0 N–H and O–H groups in total. The normalized spacial score (nSPS) is 12.0. The molecule has 1 amide bonds. The van der Waals surface area contributed by atoms with Gasteiger partial charge in [-0.3, -0.25) is 9.69 Å². The predicted molar refractivity (Wildman–Crippen MR) is 156 cm³/mol. The number of methoxy groups -OCH3 is 1. The van der Waals surface area contributed by atoms with Gasteiger partial charge < -0.3 is 9.64 Å². The number of likely N-dealkylation sites (N-methyl/N-ethyl adjacent to an activating group) is 1. The van der Waals surface area contributed by atoms with Gasteiger partial charge in [0.25, 0.3) is 5.91 Å². The van der Waals surface area contributed by atoms with Gasteiger partial charge in [-0.2, -0.15) is 4.31 Å². The monoisotopic (exact) mass is 580 g/mol. The van der Waals surface area contributed by atoms with E-state index < -0.39 is 10.0 Å². The van der Waals surface area contributed by atoms with Crippen LogP contribution in [0.1, 0.15) is 50.9 Å². The Morgan fingerprint density at radius 2 is 1.66 bits per heavy atom. The van der Waals surface area contributed by atoms with Crippen LogP contribution in [0, 0.1) is 0 Å². The Labute approximate surface area is 235 Å². The standard InChI is InChI=1S/C27H37ClN4O4S2/c1-6-10-17-31(9-4)38(34,35)21-13-11-20(12-14-21)26(33)32(19-18-30(7-2)8-3)27-29-24-23(36-5)16-15-22(28)25(24)37-27/h11-16H,6-10,17-19H2,1-5H3. The van der Waals surface area contributed by atoms with Gasteiger partial charge in [-0.05, 0) is 55.9 Å². The summed E-state index contributed by atoms with van der Waals surface area (Å²) in [7, 11) is -2.06. The van der Waals surface area contributed by atoms with Crippen molar-refractivity contribution in [2.24, 2.45) is 0 Å². The van der Waals surface area contributed by atoms with E-state index in [0.717, 1.165) is 30.6 Å². The van der Waals surface area contributed by atoms with E-state index in [1.807, 2.05) is 13.8 Å². The number of carbonyl (C=O) groups is 1. The first kappa shape index (κ1) is 30.3. The van der Waals surface area contributed by atoms with Crippen LogP contribution in [0.3, 0.4) is 0 Å². The Kier molecular flexibility index (Phi) is 10.9. The number of hydrogen-bond donors (Lipinski definition) is 0. The lowest BCUT2D eigenvalue weighted by atomic mass is 10.2. The molecule has 11 heteroatoms. The minimum atomic E-state index is -3.63. The first-order valence-electron chi connectivity index (χ1n) is 13.0. The summed E-state index contributed by atoms with van der Waals surface area (Å²) >= 11 is 7.78. The summed E-state index contributed by atoms with van der Waals surface area (Å²) in [6.45, 7) is 11.7. The van der Waals surface area contributed by atoms with Crippen molar-refractivity contribution in [1.82, 2.24) is 14.2 Å². The summed E-state index contributed by atoms with van der Waals surface area (Å²) in [6.07, 6.45) is 1.70. The molecule has 0 saturated heterocycles. The second-order valence-electron chi connectivity index (χ2n) is 8.78. The Morgan fingerprint density at radius 1 is 0.974 bits per heavy atom. The van der Waals surface area contributed by atoms with E-state index in [-0.39, 0.29) is 10.8 Å². The number of benzene rings is 2. The maximum absolute atomic E-state index is 13.8. The number of halogens is 1. The van der Waals surface area contributed by atoms with Gasteiger partial charge >= 0.3 is 0 Å². The fourth-order valence-electron chi connectivity index (χ4n) is 4.14. The molecular weight excluding hydrogens is 544 g/mol. The number of rotatable bonds is 14. The fourth-order valence-corrected chi connectivity index (χ4v) is 6.91. The minimum Gasteiger partial charge on any atom is -0.494 e. The number of aromatic nitrogens is 1. The SMILES string of the molecule is CCCCN(CC)S(=O)(=O)c1ccc(C(=O)N(CCN(CC)CC)c2nc3c(OC)ccc(Cl)c3s2)cc1. The van der Waals surface area contributed by atoms with Crippen molar-refractivity contribution in [3.63, 3.8) is 0 Å². The number of nitrogens with zero attached hydrogens (tertiary/aromatic N) is 4. The van der Waals surface area contributed by atoms with Crippen molar-refractivity contribution < 1.29 is 17.9 Å². The average Bonchev–Trinajstić information content (AvgIpc) is 3.37. The van der Waals surface area contributed by atoms with E-state index in [2.05, 4.69) is 18.7 Å². The first-order chi connectivity index (χ1) is 18.2. The maximum Gasteiger partial charge on any atom is 0.260 e. The summed E-state index contributed by atoms with van der Waals surface area (Å²) in [5.74, 6) is 0.328. The number of sulfonamides is 1. The lowest BCUT2D eigenvalue weighted by molar-refractivity contribution is 0.0983. The number of ether oxygens (including phenoxy) is 1. The zero-order chi connectivity index (χ0) is 27.9. The van der Waals surface area contributed by atoms with E-state index >= 15 is 0 Å². The second-order valence-corrected chi connectivity index (χ2v) is 12.1. The van der Waals surface area contributed by atoms with Crippen LogP contribution >= 0.6 is 22.9 Å². The van der Waals surface area contributed by atoms with Crippen LogP contribution in [0.15, 0.2) is 41.3 Å². The molecule has 1 heterocycles. The van der Waals surface area contributed by atoms with E-state index in [4.69, 9.17) is 21.3 Å². The number of hydrogen-bond acceptors (Lipinski definition) is 7. The molecule has 0 aliphatic heterocycles. The van der Waals surface area contributed by atoms with E-state index in [1.165, 1.54) is 27.8 Å². The van der Waals surface area contributed by atoms with Gasteiger partial charge in [-0.25, -0.2) is 13.4 Å². The molecule has 0 fully saturated rings. The van der Waals surface area contributed by atoms with E-state index in [1.54, 1.807) is 36.3 Å². The Balaban J connectivity index is 1.97. The molecule has 0 unspecified atom stereocenters. The van der Waals surface area contributed by atoms with E-state index in [9.17, 15) is 13.2 Å². The summed E-state index contributed by atoms with van der Waals surface area (Å²) in [5, 5.41) is 1.05. The summed E-state index contributed by atoms with van der Waals surface area (Å²) in [6, 6.07) is 9.69. The molecule has 0 aliphatic carbocycles. The number of amides is 1. The largest absolute Gasteiger partial charge is 0.494 e. The quantitative estimate of drug-likeness (QED) is 0.241. The highest BCUT2D eigenvalue weighted by Crippen LogP contribution is 2.39. The molecule has 0 aliphatic rings. The van der Waals surface area contributed by atoms with Crippen molar-refractivity contribution in [3.8, 4) is 5.75 Å². The third-order valence-electron chi connectivity index (χ3n) is 6.53. The molecule has 208 valence electrons. The molecule has 0 atom stereocenters. The Morgan fingerprint density at radius 3 is 2.24 bits per heavy atom. The van der Waals surface area contributed by atoms with Crippen LogP contribution in [-0.4, -0.2) is 74.9 Å². The Hall–Kier alpha value is -2.24. The third-order valence-corrected chi connectivity index (χ3v) is 10.1. The van der Waals surface area contributed by atoms with Gasteiger partial charge in [0.1, 0.15) is 11.3 Å². The van der Waals surface area contributed by atoms with Gasteiger partial charge in [0.2, 0.25) is 10.0 Å². The topological polar surface area (TPSA) is 83.1 Å². The van der Waals surface area contributed by atoms with Crippen molar-refractivity contribution >= 4 is 54.2 Å². The molecule has 0 saturated carbocycles. The predicted octanol–water partition coefficient (Wildman–Crippen LogP) is 5.76. The summed E-state index contributed by atoms with van der Waals surface area (Å²) in [4.78, 5) is 22.6. The molecule has 2 aromatic carbocycles. The summed E-state index contributed by atoms with van der Waals surface area (Å²) in [5.41, 5.74) is 0.992. The first-order valence-corrected chi connectivity index (χ1v) is 15.6. The van der Waals surface area contributed by atoms with Crippen LogP contribution in [0.4, 0.5) is 5.13 Å². The van der Waals surface area contributed by atoms with Crippen LogP contribution in [0.5, 0.6) is 5.75 Å². The number of carbonyl (C=O) groups excluding carboxylic acids is 1. The fraction of sp³-hybridized carbons (Fsp3) is 0.481. The lowest BCUT2D eigenvalue weighted by Gasteiger charge is -2.25. The van der Waals surface area contributed by atoms with E-state index in [0.29, 0.717) is 53.2 Å². The maximum atomic E-state index is 13.8. The highest BCUT2D eigenvalue weighted by atomic mass is 35.5. The number of thiazole rings is 1. The highest BCUT2D eigenvalue weighted by molar-refractivity contribution is 7.89. The van der Waals surface area contributed by atoms with Crippen molar-refractivity contribution in [3.05, 3.63) is 47.0 Å². The highest BCUT2D eigenvalue weighted by Gasteiger charge is 2.26. The van der Waals surface area contributed by atoms with Crippen molar-refractivity contribution in [2.45, 2.75) is 45.4 Å². The molecule has 1 aromatic heterocycles. The molecule has 0 radical (unpaired) electrons. The van der Waals surface area contributed by atoms with Crippen molar-refractivity contribution in [1.29, 1.82) is 0 Å². The molecule has 8 nitrogen and oxygen atoms in total. The minimum absolute atomic E-state index is 0.179. The smallest absolute Gasteiger partial charge is 0.260 e. The molecule has 0 bridgehead atoms. The molecule has 3 aromatic rings. The van der Waals surface area contributed by atoms with Crippen LogP contribution in [0.25, 0.3) is 10.2 Å². The molecule has 3 rings (SSSR count). The number of fused-ring (bicyclic) bond motifs is 1. The van der Waals surface area contributed by atoms with Gasteiger partial charge in [-0.15, -0.1) is 0 Å². The molecule has 38 heavy (non-hydrogen) atoms. The second kappa shape index (κ2) is 13.7. The van der Waals surface area contributed by atoms with Crippen molar-refractivity contribution in [2.75, 3.05) is 51.3 Å². The number of anilines is 1.